The molecular weight excluding hydrogens is 362 g/mol. The molecule has 5 nitrogen and oxygen atoms in total. The second-order valence-corrected chi connectivity index (χ2v) is 7.50. The molecule has 0 radical (unpaired) electrons. The lowest BCUT2D eigenvalue weighted by molar-refractivity contribution is -0.136. The Morgan fingerprint density at radius 3 is 2.34 bits per heavy atom. The van der Waals surface area contributed by atoms with Gasteiger partial charge in [-0.1, -0.05) is 54.6 Å². The largest absolute Gasteiger partial charge is 0.341 e. The van der Waals surface area contributed by atoms with Gasteiger partial charge in [-0.05, 0) is 36.6 Å². The lowest BCUT2D eigenvalue weighted by Crippen LogP contribution is -2.53. The first-order chi connectivity index (χ1) is 14.0. The third-order valence-corrected chi connectivity index (χ3v) is 5.30. The monoisotopic (exact) mass is 391 g/mol. The molecule has 0 unspecified atom stereocenters. The normalized spacial score (nSPS) is 16.0. The van der Waals surface area contributed by atoms with Crippen molar-refractivity contribution in [2.45, 2.75) is 26.4 Å². The van der Waals surface area contributed by atoms with Crippen molar-refractivity contribution >= 4 is 17.9 Å². The molecular formula is C24H29N3O2. The van der Waals surface area contributed by atoms with Crippen LogP contribution in [0.4, 0.5) is 0 Å². The van der Waals surface area contributed by atoms with Crippen LogP contribution in [0.2, 0.25) is 0 Å². The third-order valence-electron chi connectivity index (χ3n) is 5.30. The third kappa shape index (κ3) is 6.03. The molecule has 0 spiro atoms. The number of hydrogen-bond donors (Lipinski definition) is 1. The van der Waals surface area contributed by atoms with Crippen molar-refractivity contribution in [3.8, 4) is 0 Å². The Hall–Kier alpha value is -2.92. The summed E-state index contributed by atoms with van der Waals surface area (Å²) in [4.78, 5) is 29.0. The Bertz CT molecular complexity index is 855. The number of carbonyl (C=O) groups is 2. The zero-order valence-electron chi connectivity index (χ0n) is 17.2. The minimum atomic E-state index is -0.536. The molecule has 152 valence electrons. The molecule has 5 heteroatoms. The number of rotatable bonds is 6. The average Bonchev–Trinajstić information content (AvgIpc) is 2.74. The van der Waals surface area contributed by atoms with Crippen LogP contribution in [0.5, 0.6) is 0 Å². The van der Waals surface area contributed by atoms with E-state index < -0.39 is 6.04 Å². The Morgan fingerprint density at radius 2 is 1.66 bits per heavy atom. The summed E-state index contributed by atoms with van der Waals surface area (Å²) in [6.45, 7) is 7.84. The maximum Gasteiger partial charge on any atom is 0.244 e. The number of hydrogen-bond acceptors (Lipinski definition) is 3. The van der Waals surface area contributed by atoms with Gasteiger partial charge >= 0.3 is 0 Å². The van der Waals surface area contributed by atoms with Gasteiger partial charge in [0.15, 0.2) is 0 Å². The smallest absolute Gasteiger partial charge is 0.244 e. The first kappa shape index (κ1) is 20.8. The standard InChI is InChI=1S/C24H29N3O2/c1-19-8-6-7-11-22(19)18-26-14-16-27(17-15-26)24(29)20(2)25-23(28)13-12-21-9-4-3-5-10-21/h3-13,20H,14-18H2,1-2H3,(H,25,28)/b13-12+/t20-/m0/s1. The Morgan fingerprint density at radius 1 is 1.00 bits per heavy atom. The quantitative estimate of drug-likeness (QED) is 0.771. The molecule has 0 aliphatic carbocycles. The van der Waals surface area contributed by atoms with Crippen molar-refractivity contribution in [1.29, 1.82) is 0 Å². The minimum absolute atomic E-state index is 0.0259. The highest BCUT2D eigenvalue weighted by Gasteiger charge is 2.25. The average molecular weight is 392 g/mol. The molecule has 0 bridgehead atoms. The molecule has 0 saturated carbocycles. The van der Waals surface area contributed by atoms with Gasteiger partial charge in [-0.25, -0.2) is 0 Å². The van der Waals surface area contributed by atoms with Gasteiger partial charge in [0, 0.05) is 38.8 Å². The highest BCUT2D eigenvalue weighted by atomic mass is 16.2. The summed E-state index contributed by atoms with van der Waals surface area (Å²) < 4.78 is 0. The highest BCUT2D eigenvalue weighted by Crippen LogP contribution is 2.13. The van der Waals surface area contributed by atoms with Crippen molar-refractivity contribution in [3.63, 3.8) is 0 Å². The lowest BCUT2D eigenvalue weighted by atomic mass is 10.1. The molecule has 1 saturated heterocycles. The first-order valence-electron chi connectivity index (χ1n) is 10.1. The number of nitrogens with one attached hydrogen (secondary N) is 1. The molecule has 1 atom stereocenters. The van der Waals surface area contributed by atoms with Gasteiger partial charge in [-0.2, -0.15) is 0 Å². The fourth-order valence-electron chi connectivity index (χ4n) is 3.49. The fraction of sp³-hybridized carbons (Fsp3) is 0.333. The topological polar surface area (TPSA) is 52.6 Å². The van der Waals surface area contributed by atoms with Crippen LogP contribution in [0.3, 0.4) is 0 Å². The molecule has 2 aromatic rings. The highest BCUT2D eigenvalue weighted by molar-refractivity contribution is 5.95. The fourth-order valence-corrected chi connectivity index (χ4v) is 3.49. The lowest BCUT2D eigenvalue weighted by Gasteiger charge is -2.36. The van der Waals surface area contributed by atoms with E-state index in [1.807, 2.05) is 35.2 Å². The van der Waals surface area contributed by atoms with E-state index in [4.69, 9.17) is 0 Å². The first-order valence-corrected chi connectivity index (χ1v) is 10.1. The molecule has 1 aliphatic heterocycles. The molecule has 2 aromatic carbocycles. The van der Waals surface area contributed by atoms with E-state index in [2.05, 4.69) is 41.4 Å². The Kier molecular flexibility index (Phi) is 7.19. The van der Waals surface area contributed by atoms with Crippen LogP contribution in [0.1, 0.15) is 23.6 Å². The molecule has 1 aliphatic rings. The zero-order chi connectivity index (χ0) is 20.6. The Labute approximate surface area is 173 Å². The van der Waals surface area contributed by atoms with Crippen molar-refractivity contribution in [2.24, 2.45) is 0 Å². The van der Waals surface area contributed by atoms with E-state index in [-0.39, 0.29) is 11.8 Å². The second kappa shape index (κ2) is 10.0. The summed E-state index contributed by atoms with van der Waals surface area (Å²) in [5.74, 6) is -0.283. The van der Waals surface area contributed by atoms with Crippen LogP contribution >= 0.6 is 0 Å². The predicted molar refractivity (Wildman–Crippen MR) is 116 cm³/mol. The molecule has 1 N–H and O–H groups in total. The zero-order valence-corrected chi connectivity index (χ0v) is 17.2. The Balaban J connectivity index is 1.45. The molecule has 29 heavy (non-hydrogen) atoms. The van der Waals surface area contributed by atoms with Gasteiger partial charge < -0.3 is 10.2 Å². The van der Waals surface area contributed by atoms with Crippen molar-refractivity contribution in [1.82, 2.24) is 15.1 Å². The van der Waals surface area contributed by atoms with Gasteiger partial charge in [0.25, 0.3) is 0 Å². The summed E-state index contributed by atoms with van der Waals surface area (Å²) in [6, 6.07) is 17.5. The molecule has 2 amide bonds. The van der Waals surface area contributed by atoms with E-state index in [1.165, 1.54) is 17.2 Å². The van der Waals surface area contributed by atoms with E-state index in [0.717, 1.165) is 25.2 Å². The van der Waals surface area contributed by atoms with Crippen LogP contribution < -0.4 is 5.32 Å². The summed E-state index contributed by atoms with van der Waals surface area (Å²) >= 11 is 0. The molecule has 1 fully saturated rings. The van der Waals surface area contributed by atoms with Crippen LogP contribution in [0, 0.1) is 6.92 Å². The van der Waals surface area contributed by atoms with Crippen molar-refractivity contribution in [2.75, 3.05) is 26.2 Å². The number of aryl methyl sites for hydroxylation is 1. The van der Waals surface area contributed by atoms with E-state index >= 15 is 0 Å². The number of nitrogens with zero attached hydrogens (tertiary/aromatic N) is 2. The summed E-state index contributed by atoms with van der Waals surface area (Å²) in [5, 5.41) is 2.78. The van der Waals surface area contributed by atoms with E-state index in [9.17, 15) is 9.59 Å². The summed E-state index contributed by atoms with van der Waals surface area (Å²) in [5.41, 5.74) is 3.58. The summed E-state index contributed by atoms with van der Waals surface area (Å²) in [6.07, 6.45) is 3.22. The van der Waals surface area contributed by atoms with Gasteiger partial charge in [-0.15, -0.1) is 0 Å². The SMILES string of the molecule is Cc1ccccc1CN1CCN(C(=O)[C@H](C)NC(=O)/C=C/c2ccccc2)CC1. The number of carbonyl (C=O) groups excluding carboxylic acids is 2. The minimum Gasteiger partial charge on any atom is -0.341 e. The molecule has 3 rings (SSSR count). The van der Waals surface area contributed by atoms with Crippen LogP contribution in [0.25, 0.3) is 6.08 Å². The van der Waals surface area contributed by atoms with Crippen LogP contribution in [-0.2, 0) is 16.1 Å². The van der Waals surface area contributed by atoms with Crippen LogP contribution in [-0.4, -0.2) is 53.8 Å². The summed E-state index contributed by atoms with van der Waals surface area (Å²) in [7, 11) is 0. The number of benzene rings is 2. The second-order valence-electron chi connectivity index (χ2n) is 7.50. The van der Waals surface area contributed by atoms with Gasteiger partial charge in [0.1, 0.15) is 6.04 Å². The van der Waals surface area contributed by atoms with Crippen molar-refractivity contribution < 1.29 is 9.59 Å². The van der Waals surface area contributed by atoms with Crippen molar-refractivity contribution in [3.05, 3.63) is 77.4 Å². The molecule has 0 aromatic heterocycles. The van der Waals surface area contributed by atoms with Gasteiger partial charge in [0.2, 0.25) is 11.8 Å². The van der Waals surface area contributed by atoms with Gasteiger partial charge in [0.05, 0.1) is 0 Å². The maximum atomic E-state index is 12.7. The number of amides is 2. The maximum absolute atomic E-state index is 12.7. The predicted octanol–water partition coefficient (Wildman–Crippen LogP) is 2.86. The van der Waals surface area contributed by atoms with Gasteiger partial charge in [-0.3, -0.25) is 14.5 Å². The van der Waals surface area contributed by atoms with E-state index in [1.54, 1.807) is 13.0 Å². The van der Waals surface area contributed by atoms with E-state index in [0.29, 0.717) is 13.1 Å². The molecule has 1 heterocycles. The van der Waals surface area contributed by atoms with Crippen LogP contribution in [0.15, 0.2) is 60.7 Å². The number of piperazine rings is 1.